The number of urea groups is 1. The molecule has 0 spiro atoms. The second-order valence-corrected chi connectivity index (χ2v) is 5.73. The van der Waals surface area contributed by atoms with Crippen molar-refractivity contribution in [2.45, 2.75) is 38.3 Å². The van der Waals surface area contributed by atoms with E-state index in [1.54, 1.807) is 11.3 Å². The number of hydrogen-bond acceptors (Lipinski definition) is 4. The second kappa shape index (κ2) is 8.25. The Bertz CT molecular complexity index is 490. The van der Waals surface area contributed by atoms with E-state index in [-0.39, 0.29) is 18.9 Å². The van der Waals surface area contributed by atoms with Crippen LogP contribution >= 0.6 is 11.3 Å². The summed E-state index contributed by atoms with van der Waals surface area (Å²) < 4.78 is 0. The summed E-state index contributed by atoms with van der Waals surface area (Å²) in [5, 5.41) is 15.9. The normalized spacial score (nSPS) is 13.2. The van der Waals surface area contributed by atoms with Crippen molar-refractivity contribution in [3.05, 3.63) is 22.4 Å². The fraction of sp³-hybridized carbons (Fsp3) is 0.462. The molecule has 0 aliphatic heterocycles. The number of carbonyl (C=O) groups excluding carboxylic acids is 2. The van der Waals surface area contributed by atoms with Gasteiger partial charge in [0.2, 0.25) is 5.91 Å². The molecule has 21 heavy (non-hydrogen) atoms. The van der Waals surface area contributed by atoms with Crippen molar-refractivity contribution in [1.29, 1.82) is 0 Å². The summed E-state index contributed by atoms with van der Waals surface area (Å²) in [6, 6.07) is 2.06. The molecule has 8 heteroatoms. The van der Waals surface area contributed by atoms with Crippen LogP contribution in [0.3, 0.4) is 0 Å². The largest absolute Gasteiger partial charge is 0.480 e. The maximum absolute atomic E-state index is 11.7. The molecular formula is C13H19N3O4S. The summed E-state index contributed by atoms with van der Waals surface area (Å²) in [4.78, 5) is 34.5. The molecule has 0 saturated heterocycles. The quantitative estimate of drug-likeness (QED) is 0.564. The maximum atomic E-state index is 11.7. The third-order valence-electron chi connectivity index (χ3n) is 2.75. The molecular weight excluding hydrogens is 294 g/mol. The van der Waals surface area contributed by atoms with E-state index in [9.17, 15) is 14.4 Å². The van der Waals surface area contributed by atoms with Gasteiger partial charge in [0, 0.05) is 23.8 Å². The Hall–Kier alpha value is -2.09. The van der Waals surface area contributed by atoms with Crippen molar-refractivity contribution < 1.29 is 19.5 Å². The third-order valence-corrected chi connectivity index (χ3v) is 3.65. The predicted molar refractivity (Wildman–Crippen MR) is 79.0 cm³/mol. The van der Waals surface area contributed by atoms with Crippen LogP contribution in [0.2, 0.25) is 0 Å². The number of carbonyl (C=O) groups is 3. The Morgan fingerprint density at radius 3 is 2.62 bits per heavy atom. The molecule has 0 fully saturated rings. The number of thiophene rings is 1. The van der Waals surface area contributed by atoms with Gasteiger partial charge in [-0.15, -0.1) is 11.3 Å². The van der Waals surface area contributed by atoms with Crippen LogP contribution in [0.25, 0.3) is 0 Å². The van der Waals surface area contributed by atoms with Gasteiger partial charge in [-0.1, -0.05) is 6.07 Å². The zero-order valence-electron chi connectivity index (χ0n) is 11.7. The van der Waals surface area contributed by atoms with Gasteiger partial charge in [-0.2, -0.15) is 0 Å². The molecule has 3 amide bonds. The van der Waals surface area contributed by atoms with Gasteiger partial charge >= 0.3 is 12.0 Å². The van der Waals surface area contributed by atoms with Crippen LogP contribution in [0.1, 0.15) is 24.6 Å². The molecule has 0 saturated carbocycles. The zero-order valence-corrected chi connectivity index (χ0v) is 12.5. The van der Waals surface area contributed by atoms with E-state index in [1.807, 2.05) is 24.4 Å². The monoisotopic (exact) mass is 313 g/mol. The number of carboxylic acids is 1. The third kappa shape index (κ3) is 6.75. The number of aliphatic carboxylic acids is 1. The van der Waals surface area contributed by atoms with E-state index in [1.165, 1.54) is 0 Å². The number of amides is 3. The lowest BCUT2D eigenvalue weighted by Crippen LogP contribution is -2.49. The molecule has 2 atom stereocenters. The van der Waals surface area contributed by atoms with Gasteiger partial charge in [0.15, 0.2) is 0 Å². The summed E-state index contributed by atoms with van der Waals surface area (Å²) in [5.41, 5.74) is 4.97. The first-order valence-corrected chi connectivity index (χ1v) is 7.37. The fourth-order valence-electron chi connectivity index (χ4n) is 1.75. The number of hydrogen-bond donors (Lipinski definition) is 4. The fourth-order valence-corrected chi connectivity index (χ4v) is 2.58. The Balaban J connectivity index is 2.42. The van der Waals surface area contributed by atoms with Crippen molar-refractivity contribution in [2.75, 3.05) is 0 Å². The second-order valence-electron chi connectivity index (χ2n) is 4.70. The van der Waals surface area contributed by atoms with Gasteiger partial charge in [0.05, 0.1) is 0 Å². The van der Waals surface area contributed by atoms with Gasteiger partial charge in [0.1, 0.15) is 6.04 Å². The molecule has 0 aliphatic carbocycles. The highest BCUT2D eigenvalue weighted by Gasteiger charge is 2.21. The number of rotatable bonds is 8. The van der Waals surface area contributed by atoms with Crippen LogP contribution in [0.4, 0.5) is 4.79 Å². The lowest BCUT2D eigenvalue weighted by atomic mass is 10.1. The van der Waals surface area contributed by atoms with Crippen LogP contribution in [-0.4, -0.2) is 35.1 Å². The highest BCUT2D eigenvalue weighted by Crippen LogP contribution is 2.10. The van der Waals surface area contributed by atoms with Crippen molar-refractivity contribution in [1.82, 2.24) is 10.6 Å². The Kier molecular flexibility index (Phi) is 6.67. The topological polar surface area (TPSA) is 122 Å². The molecule has 0 bridgehead atoms. The van der Waals surface area contributed by atoms with E-state index in [0.717, 1.165) is 4.88 Å². The number of nitrogens with two attached hydrogens (primary N) is 1. The number of primary amides is 1. The summed E-state index contributed by atoms with van der Waals surface area (Å²) >= 11 is 1.59. The van der Waals surface area contributed by atoms with E-state index in [0.29, 0.717) is 6.42 Å². The highest BCUT2D eigenvalue weighted by atomic mass is 32.1. The van der Waals surface area contributed by atoms with Crippen LogP contribution in [-0.2, 0) is 16.0 Å². The minimum atomic E-state index is -1.20. The molecule has 1 aromatic rings. The summed E-state index contributed by atoms with van der Waals surface area (Å²) in [6.45, 7) is 1.83. The highest BCUT2D eigenvalue weighted by molar-refractivity contribution is 7.09. The Morgan fingerprint density at radius 1 is 1.38 bits per heavy atom. The summed E-state index contributed by atoms with van der Waals surface area (Å²) in [5.74, 6) is -1.80. The number of nitrogens with one attached hydrogen (secondary N) is 2. The first-order chi connectivity index (χ1) is 9.88. The molecule has 1 rings (SSSR count). The van der Waals surface area contributed by atoms with E-state index < -0.39 is 23.9 Å². The van der Waals surface area contributed by atoms with E-state index >= 15 is 0 Å². The van der Waals surface area contributed by atoms with Crippen molar-refractivity contribution in [2.24, 2.45) is 5.73 Å². The molecule has 5 N–H and O–H groups in total. The average Bonchev–Trinajstić information content (AvgIpc) is 2.86. The van der Waals surface area contributed by atoms with Crippen molar-refractivity contribution >= 4 is 29.2 Å². The minimum absolute atomic E-state index is 0.0304. The Morgan fingerprint density at radius 2 is 2.10 bits per heavy atom. The first kappa shape index (κ1) is 17.0. The lowest BCUT2D eigenvalue weighted by molar-refractivity contribution is -0.139. The van der Waals surface area contributed by atoms with Crippen molar-refractivity contribution in [3.63, 3.8) is 0 Å². The standard InChI is InChI=1S/C13H19N3O4S/c1-8(7-9-3-2-6-21-9)15-13(20)16-10(12(18)19)4-5-11(14)17/h2-3,6,8,10H,4-5,7H2,1H3,(H2,14,17)(H,18,19)(H2,15,16,20)/t8?,10-/m1/s1. The minimum Gasteiger partial charge on any atom is -0.480 e. The van der Waals surface area contributed by atoms with Crippen LogP contribution < -0.4 is 16.4 Å². The first-order valence-electron chi connectivity index (χ1n) is 6.49. The van der Waals surface area contributed by atoms with Gasteiger partial charge in [0.25, 0.3) is 0 Å². The average molecular weight is 313 g/mol. The lowest BCUT2D eigenvalue weighted by Gasteiger charge is -2.17. The van der Waals surface area contributed by atoms with Gasteiger partial charge in [-0.05, 0) is 24.8 Å². The molecule has 0 aliphatic rings. The van der Waals surface area contributed by atoms with Crippen LogP contribution in [0, 0.1) is 0 Å². The van der Waals surface area contributed by atoms with Gasteiger partial charge in [-0.3, -0.25) is 4.79 Å². The molecule has 0 radical (unpaired) electrons. The molecule has 116 valence electrons. The number of carboxylic acid groups (broad SMARTS) is 1. The molecule has 1 aromatic heterocycles. The van der Waals surface area contributed by atoms with E-state index in [2.05, 4.69) is 10.6 Å². The SMILES string of the molecule is CC(Cc1cccs1)NC(=O)N[C@H](CCC(N)=O)C(=O)O. The van der Waals surface area contributed by atoms with Crippen LogP contribution in [0.5, 0.6) is 0 Å². The van der Waals surface area contributed by atoms with Crippen LogP contribution in [0.15, 0.2) is 17.5 Å². The summed E-state index contributed by atoms with van der Waals surface area (Å²) in [7, 11) is 0. The smallest absolute Gasteiger partial charge is 0.326 e. The van der Waals surface area contributed by atoms with Crippen molar-refractivity contribution in [3.8, 4) is 0 Å². The zero-order chi connectivity index (χ0) is 15.8. The molecule has 7 nitrogen and oxygen atoms in total. The summed E-state index contributed by atoms with van der Waals surface area (Å²) in [6.07, 6.45) is 0.545. The van der Waals surface area contributed by atoms with E-state index in [4.69, 9.17) is 10.8 Å². The maximum Gasteiger partial charge on any atom is 0.326 e. The predicted octanol–water partition coefficient (Wildman–Crippen LogP) is 0.697. The Labute approximate surface area is 126 Å². The molecule has 1 heterocycles. The molecule has 0 aromatic carbocycles. The molecule has 1 unspecified atom stereocenters. The van der Waals surface area contributed by atoms with Gasteiger partial charge < -0.3 is 21.5 Å². The van der Waals surface area contributed by atoms with Gasteiger partial charge in [-0.25, -0.2) is 9.59 Å².